The lowest BCUT2D eigenvalue weighted by molar-refractivity contribution is -0.0515. The van der Waals surface area contributed by atoms with E-state index < -0.39 is 0 Å². The Kier molecular flexibility index (Phi) is 4.44. The molecule has 1 rings (SSSR count). The summed E-state index contributed by atoms with van der Waals surface area (Å²) in [6.07, 6.45) is 5.46. The molecule has 2 nitrogen and oxygen atoms in total. The number of rotatable bonds is 4. The molecule has 0 aromatic carbocycles. The van der Waals surface area contributed by atoms with Crippen molar-refractivity contribution in [3.8, 4) is 11.8 Å². The van der Waals surface area contributed by atoms with Gasteiger partial charge in [0.1, 0.15) is 0 Å². The van der Waals surface area contributed by atoms with Gasteiger partial charge in [-0.3, -0.25) is 0 Å². The Morgan fingerprint density at radius 3 is 2.57 bits per heavy atom. The summed E-state index contributed by atoms with van der Waals surface area (Å²) >= 11 is 0. The number of hydrogen-bond acceptors (Lipinski definition) is 2. The lowest BCUT2D eigenvalue weighted by atomic mass is 9.90. The summed E-state index contributed by atoms with van der Waals surface area (Å²) in [6.45, 7) is 4.65. The van der Waals surface area contributed by atoms with E-state index >= 15 is 0 Å². The molecule has 1 fully saturated rings. The maximum absolute atomic E-state index is 6.16. The van der Waals surface area contributed by atoms with Gasteiger partial charge in [-0.2, -0.15) is 0 Å². The highest BCUT2D eigenvalue weighted by atomic mass is 16.5. The first-order valence-corrected chi connectivity index (χ1v) is 5.54. The second kappa shape index (κ2) is 5.38. The van der Waals surface area contributed by atoms with E-state index in [4.69, 9.17) is 10.5 Å². The molecule has 0 aromatic rings. The molecule has 0 bridgehead atoms. The van der Waals surface area contributed by atoms with Crippen LogP contribution in [0.1, 0.15) is 46.0 Å². The number of hydrogen-bond donors (Lipinski definition) is 1. The van der Waals surface area contributed by atoms with Crippen LogP contribution in [0.2, 0.25) is 0 Å². The van der Waals surface area contributed by atoms with Crippen molar-refractivity contribution in [2.24, 2.45) is 5.73 Å². The fraction of sp³-hybridized carbons (Fsp3) is 0.833. The molecule has 0 aromatic heterocycles. The van der Waals surface area contributed by atoms with Crippen molar-refractivity contribution < 1.29 is 4.74 Å². The van der Waals surface area contributed by atoms with Gasteiger partial charge in [0.2, 0.25) is 0 Å². The molecule has 1 atom stereocenters. The SMILES string of the molecule is CC#CCC(N)C1(OCC)CCCC1. The van der Waals surface area contributed by atoms with E-state index in [0.29, 0.717) is 0 Å². The first-order valence-electron chi connectivity index (χ1n) is 5.54. The van der Waals surface area contributed by atoms with Crippen LogP contribution < -0.4 is 5.73 Å². The number of ether oxygens (including phenoxy) is 1. The molecule has 0 heterocycles. The van der Waals surface area contributed by atoms with E-state index in [1.165, 1.54) is 12.8 Å². The van der Waals surface area contributed by atoms with Crippen LogP contribution in [0.5, 0.6) is 0 Å². The van der Waals surface area contributed by atoms with Crippen LogP contribution in [-0.4, -0.2) is 18.2 Å². The van der Waals surface area contributed by atoms with Gasteiger partial charge in [0.15, 0.2) is 0 Å². The molecule has 2 N–H and O–H groups in total. The van der Waals surface area contributed by atoms with E-state index in [9.17, 15) is 0 Å². The van der Waals surface area contributed by atoms with E-state index in [0.717, 1.165) is 25.9 Å². The van der Waals surface area contributed by atoms with Crippen LogP contribution in [0.25, 0.3) is 0 Å². The van der Waals surface area contributed by atoms with Gasteiger partial charge in [0.05, 0.1) is 5.60 Å². The molecule has 1 aliphatic carbocycles. The highest BCUT2D eigenvalue weighted by Gasteiger charge is 2.39. The Morgan fingerprint density at radius 1 is 1.43 bits per heavy atom. The Morgan fingerprint density at radius 2 is 2.07 bits per heavy atom. The topological polar surface area (TPSA) is 35.2 Å². The monoisotopic (exact) mass is 195 g/mol. The van der Waals surface area contributed by atoms with E-state index in [1.807, 2.05) is 13.8 Å². The standard InChI is InChI=1S/C12H21NO/c1-3-5-8-11(13)12(14-4-2)9-6-7-10-12/h11H,4,6-10,13H2,1-2H3. The van der Waals surface area contributed by atoms with Crippen LogP contribution in [-0.2, 0) is 4.74 Å². The Balaban J connectivity index is 2.59. The van der Waals surface area contributed by atoms with Gasteiger partial charge >= 0.3 is 0 Å². The summed E-state index contributed by atoms with van der Waals surface area (Å²) in [5, 5.41) is 0. The van der Waals surface area contributed by atoms with Crippen molar-refractivity contribution in [3.63, 3.8) is 0 Å². The third-order valence-electron chi connectivity index (χ3n) is 3.06. The summed E-state index contributed by atoms with van der Waals surface area (Å²) in [5.41, 5.74) is 6.09. The highest BCUT2D eigenvalue weighted by Crippen LogP contribution is 2.36. The van der Waals surface area contributed by atoms with Gasteiger partial charge in [-0.05, 0) is 26.7 Å². The molecule has 0 aliphatic heterocycles. The normalized spacial score (nSPS) is 21.4. The van der Waals surface area contributed by atoms with Crippen molar-refractivity contribution in [2.45, 2.75) is 57.6 Å². The molecule has 14 heavy (non-hydrogen) atoms. The van der Waals surface area contributed by atoms with Crippen molar-refractivity contribution in [1.82, 2.24) is 0 Å². The lowest BCUT2D eigenvalue weighted by Gasteiger charge is -2.34. The van der Waals surface area contributed by atoms with Crippen LogP contribution in [0, 0.1) is 11.8 Å². The Bertz CT molecular complexity index is 220. The first kappa shape index (κ1) is 11.6. The van der Waals surface area contributed by atoms with Crippen molar-refractivity contribution in [1.29, 1.82) is 0 Å². The Hall–Kier alpha value is -0.520. The summed E-state index contributed by atoms with van der Waals surface area (Å²) in [7, 11) is 0. The minimum absolute atomic E-state index is 0.0708. The molecule has 0 amide bonds. The van der Waals surface area contributed by atoms with Gasteiger partial charge in [0.25, 0.3) is 0 Å². The van der Waals surface area contributed by atoms with Crippen LogP contribution in [0.3, 0.4) is 0 Å². The molecule has 80 valence electrons. The zero-order valence-corrected chi connectivity index (χ0v) is 9.31. The summed E-state index contributed by atoms with van der Waals surface area (Å²) in [4.78, 5) is 0. The van der Waals surface area contributed by atoms with Crippen molar-refractivity contribution in [2.75, 3.05) is 6.61 Å². The largest absolute Gasteiger partial charge is 0.374 e. The third kappa shape index (κ3) is 2.50. The summed E-state index contributed by atoms with van der Waals surface area (Å²) in [6, 6.07) is 0.0809. The predicted octanol–water partition coefficient (Wildman–Crippen LogP) is 2.08. The average Bonchev–Trinajstić information content (AvgIpc) is 2.64. The fourth-order valence-corrected chi connectivity index (χ4v) is 2.28. The molecule has 0 spiro atoms. The lowest BCUT2D eigenvalue weighted by Crippen LogP contribution is -2.48. The minimum atomic E-state index is -0.0708. The van der Waals surface area contributed by atoms with E-state index in [2.05, 4.69) is 11.8 Å². The minimum Gasteiger partial charge on any atom is -0.374 e. The van der Waals surface area contributed by atoms with Gasteiger partial charge in [-0.15, -0.1) is 11.8 Å². The van der Waals surface area contributed by atoms with Crippen LogP contribution in [0.15, 0.2) is 0 Å². The second-order valence-corrected chi connectivity index (χ2v) is 3.94. The molecular weight excluding hydrogens is 174 g/mol. The maximum Gasteiger partial charge on any atom is 0.0841 e. The number of nitrogens with two attached hydrogens (primary N) is 1. The third-order valence-corrected chi connectivity index (χ3v) is 3.06. The second-order valence-electron chi connectivity index (χ2n) is 3.94. The van der Waals surface area contributed by atoms with E-state index in [-0.39, 0.29) is 11.6 Å². The van der Waals surface area contributed by atoms with E-state index in [1.54, 1.807) is 0 Å². The quantitative estimate of drug-likeness (QED) is 0.697. The summed E-state index contributed by atoms with van der Waals surface area (Å²) < 4.78 is 5.86. The summed E-state index contributed by atoms with van der Waals surface area (Å²) in [5.74, 6) is 5.95. The zero-order valence-electron chi connectivity index (χ0n) is 9.31. The van der Waals surface area contributed by atoms with Gasteiger partial charge < -0.3 is 10.5 Å². The van der Waals surface area contributed by atoms with Gasteiger partial charge in [-0.1, -0.05) is 12.8 Å². The fourth-order valence-electron chi connectivity index (χ4n) is 2.28. The smallest absolute Gasteiger partial charge is 0.0841 e. The maximum atomic E-state index is 6.16. The highest BCUT2D eigenvalue weighted by molar-refractivity contribution is 5.04. The van der Waals surface area contributed by atoms with Crippen LogP contribution >= 0.6 is 0 Å². The van der Waals surface area contributed by atoms with Gasteiger partial charge in [-0.25, -0.2) is 0 Å². The van der Waals surface area contributed by atoms with Crippen molar-refractivity contribution in [3.05, 3.63) is 0 Å². The molecule has 0 saturated heterocycles. The molecule has 1 saturated carbocycles. The molecule has 2 heteroatoms. The van der Waals surface area contributed by atoms with Crippen molar-refractivity contribution >= 4 is 0 Å². The Labute approximate surface area is 87.2 Å². The zero-order chi connectivity index (χ0) is 10.4. The average molecular weight is 195 g/mol. The molecule has 1 aliphatic rings. The predicted molar refractivity (Wildman–Crippen MR) is 58.9 cm³/mol. The van der Waals surface area contributed by atoms with Crippen LogP contribution in [0.4, 0.5) is 0 Å². The van der Waals surface area contributed by atoms with Gasteiger partial charge in [0, 0.05) is 19.1 Å². The molecular formula is C12H21NO. The first-order chi connectivity index (χ1) is 6.75. The molecule has 1 unspecified atom stereocenters. The molecule has 0 radical (unpaired) electrons.